The Morgan fingerprint density at radius 2 is 2.15 bits per heavy atom. The van der Waals surface area contributed by atoms with Crippen LogP contribution in [0.15, 0.2) is 30.5 Å². The lowest BCUT2D eigenvalue weighted by Gasteiger charge is -2.04. The number of amides is 1. The van der Waals surface area contributed by atoms with Crippen LogP contribution in [0.4, 0.5) is 5.69 Å². The summed E-state index contributed by atoms with van der Waals surface area (Å²) in [7, 11) is -4.25. The lowest BCUT2D eigenvalue weighted by molar-refractivity contribution is -0.747. The zero-order valence-corrected chi connectivity index (χ0v) is 11.6. The van der Waals surface area contributed by atoms with Gasteiger partial charge in [-0.25, -0.2) is 8.42 Å². The second-order valence-electron chi connectivity index (χ2n) is 4.30. The maximum absolute atomic E-state index is 11.0. The average molecular weight is 295 g/mol. The Kier molecular flexibility index (Phi) is 3.96. The summed E-state index contributed by atoms with van der Waals surface area (Å²) >= 11 is 0. The number of carbonyl (C=O) groups is 1. The highest BCUT2D eigenvalue weighted by atomic mass is 32.2. The Morgan fingerprint density at radius 3 is 2.80 bits per heavy atom. The summed E-state index contributed by atoms with van der Waals surface area (Å²) in [6.07, 6.45) is 1.59. The second-order valence-corrected chi connectivity index (χ2v) is 5.82. The van der Waals surface area contributed by atoms with Crippen molar-refractivity contribution in [2.45, 2.75) is 13.5 Å². The molecule has 20 heavy (non-hydrogen) atoms. The zero-order valence-electron chi connectivity index (χ0n) is 10.7. The first-order chi connectivity index (χ1) is 9.33. The van der Waals surface area contributed by atoms with E-state index in [0.717, 1.165) is 5.39 Å². The van der Waals surface area contributed by atoms with E-state index in [2.05, 4.69) is 10.4 Å². The lowest BCUT2D eigenvalue weighted by Crippen LogP contribution is -2.40. The number of nitrogens with zero attached hydrogens (tertiary/aromatic N) is 2. The summed E-state index contributed by atoms with van der Waals surface area (Å²) < 4.78 is 33.1. The molecule has 0 radical (unpaired) electrons. The molecule has 0 unspecified atom stereocenters. The Balaban J connectivity index is 2.24. The van der Waals surface area contributed by atoms with Crippen LogP contribution in [0.3, 0.4) is 0 Å². The zero-order chi connectivity index (χ0) is 14.8. The van der Waals surface area contributed by atoms with Crippen molar-refractivity contribution in [3.05, 3.63) is 30.5 Å². The second kappa shape index (κ2) is 5.51. The third-order valence-corrected chi connectivity index (χ3v) is 3.26. The number of anilines is 1. The fraction of sp³-hybridized carbons (Fsp3) is 0.250. The lowest BCUT2D eigenvalue weighted by atomic mass is 10.2. The highest BCUT2D eigenvalue weighted by Crippen LogP contribution is 2.15. The predicted octanol–water partition coefficient (Wildman–Crippen LogP) is 0.0259. The average Bonchev–Trinajstić information content (AvgIpc) is 2.34. The van der Waals surface area contributed by atoms with E-state index in [1.54, 1.807) is 30.5 Å². The molecule has 0 spiro atoms. The van der Waals surface area contributed by atoms with E-state index in [-0.39, 0.29) is 12.5 Å². The van der Waals surface area contributed by atoms with Crippen molar-refractivity contribution >= 4 is 32.6 Å². The molecule has 0 aliphatic carbocycles. The molecule has 1 aromatic carbocycles. The largest absolute Gasteiger partial charge is 0.748 e. The van der Waals surface area contributed by atoms with E-state index < -0.39 is 15.9 Å². The van der Waals surface area contributed by atoms with Crippen LogP contribution in [0.5, 0.6) is 0 Å². The van der Waals surface area contributed by atoms with Gasteiger partial charge in [0, 0.05) is 29.2 Å². The van der Waals surface area contributed by atoms with E-state index in [4.69, 9.17) is 0 Å². The van der Waals surface area contributed by atoms with Crippen molar-refractivity contribution in [2.24, 2.45) is 0 Å². The fourth-order valence-electron chi connectivity index (χ4n) is 1.73. The van der Waals surface area contributed by atoms with Crippen LogP contribution < -0.4 is 10.00 Å². The van der Waals surface area contributed by atoms with Crippen LogP contribution in [0.1, 0.15) is 6.92 Å². The van der Waals surface area contributed by atoms with Crippen LogP contribution in [-0.4, -0.2) is 29.7 Å². The van der Waals surface area contributed by atoms with Gasteiger partial charge in [-0.15, -0.1) is 0 Å². The standard InChI is InChI=1S/C12H13N3O4S/c1-9(16)13-11-2-3-12-10(8-11)4-5-15(14-12)6-7-20(17,18)19/h2-5,8H,6-7H2,1H3,(H,17,18,19). The number of hydrogen-bond acceptors (Lipinski definition) is 5. The molecule has 106 valence electrons. The number of fused-ring (bicyclic) bond motifs is 1. The highest BCUT2D eigenvalue weighted by molar-refractivity contribution is 7.85. The van der Waals surface area contributed by atoms with E-state index in [9.17, 15) is 17.8 Å². The normalized spacial score (nSPS) is 11.5. The summed E-state index contributed by atoms with van der Waals surface area (Å²) in [6.45, 7) is 1.43. The molecule has 2 rings (SSSR count). The quantitative estimate of drug-likeness (QED) is 0.633. The Labute approximate surface area is 116 Å². The monoisotopic (exact) mass is 295 g/mol. The van der Waals surface area contributed by atoms with Gasteiger partial charge in [0.2, 0.25) is 5.91 Å². The number of nitrogens with one attached hydrogen (secondary N) is 1. The van der Waals surface area contributed by atoms with Crippen LogP contribution in [-0.2, 0) is 21.5 Å². The number of benzene rings is 1. The van der Waals surface area contributed by atoms with Crippen molar-refractivity contribution in [2.75, 3.05) is 11.1 Å². The first kappa shape index (κ1) is 14.4. The van der Waals surface area contributed by atoms with Crippen molar-refractivity contribution < 1.29 is 22.4 Å². The molecule has 1 aromatic heterocycles. The molecule has 0 aliphatic rings. The van der Waals surface area contributed by atoms with E-state index >= 15 is 0 Å². The number of rotatable bonds is 4. The number of carbonyl (C=O) groups excluding carboxylic acids is 1. The summed E-state index contributed by atoms with van der Waals surface area (Å²) in [5.41, 5.74) is 1.30. The molecule has 0 fully saturated rings. The van der Waals surface area contributed by atoms with E-state index in [1.807, 2.05) is 0 Å². The molecule has 1 amide bonds. The maximum atomic E-state index is 11.0. The number of hydrogen-bond donors (Lipinski definition) is 1. The Hall–Kier alpha value is -2.06. The molecule has 0 bridgehead atoms. The predicted molar refractivity (Wildman–Crippen MR) is 70.8 cm³/mol. The molecular weight excluding hydrogens is 282 g/mol. The van der Waals surface area contributed by atoms with Crippen LogP contribution in [0, 0.1) is 0 Å². The third kappa shape index (κ3) is 3.97. The molecule has 0 saturated carbocycles. The number of aromatic nitrogens is 2. The van der Waals surface area contributed by atoms with Gasteiger partial charge >= 0.3 is 0 Å². The van der Waals surface area contributed by atoms with Gasteiger partial charge in [0.15, 0.2) is 12.7 Å². The third-order valence-electron chi connectivity index (χ3n) is 2.58. The van der Waals surface area contributed by atoms with Gasteiger partial charge in [-0.3, -0.25) is 4.79 Å². The molecule has 1 heterocycles. The summed E-state index contributed by atoms with van der Waals surface area (Å²) in [5.74, 6) is -0.663. The summed E-state index contributed by atoms with van der Waals surface area (Å²) in [5, 5.41) is 7.66. The van der Waals surface area contributed by atoms with Crippen molar-refractivity contribution in [1.29, 1.82) is 0 Å². The minimum atomic E-state index is -4.25. The van der Waals surface area contributed by atoms with Crippen LogP contribution >= 0.6 is 0 Å². The molecule has 0 saturated heterocycles. The van der Waals surface area contributed by atoms with Crippen molar-refractivity contribution in [3.63, 3.8) is 0 Å². The van der Waals surface area contributed by atoms with Gasteiger partial charge in [0.1, 0.15) is 15.6 Å². The first-order valence-electron chi connectivity index (χ1n) is 5.85. The SMILES string of the molecule is CC(=O)Nc1ccc2n[n+](CCS(=O)(=O)[O-])ccc2c1. The van der Waals surface area contributed by atoms with Crippen molar-refractivity contribution in [3.8, 4) is 0 Å². The fourth-order valence-corrected chi connectivity index (χ4v) is 2.14. The van der Waals surface area contributed by atoms with Gasteiger partial charge in [-0.1, -0.05) is 4.68 Å². The maximum Gasteiger partial charge on any atom is 0.221 e. The Bertz CT molecular complexity index is 758. The highest BCUT2D eigenvalue weighted by Gasteiger charge is 2.08. The minimum absolute atomic E-state index is 0.00915. The van der Waals surface area contributed by atoms with Gasteiger partial charge in [-0.2, -0.15) is 0 Å². The van der Waals surface area contributed by atoms with Gasteiger partial charge in [0.25, 0.3) is 0 Å². The molecule has 0 atom stereocenters. The molecule has 1 N–H and O–H groups in total. The smallest absolute Gasteiger partial charge is 0.221 e. The van der Waals surface area contributed by atoms with Gasteiger partial charge in [0.05, 0.1) is 5.75 Å². The summed E-state index contributed by atoms with van der Waals surface area (Å²) in [6, 6.07) is 6.91. The van der Waals surface area contributed by atoms with Gasteiger partial charge in [-0.05, 0) is 18.2 Å². The van der Waals surface area contributed by atoms with Crippen LogP contribution in [0.25, 0.3) is 10.9 Å². The van der Waals surface area contributed by atoms with E-state index in [1.165, 1.54) is 11.6 Å². The first-order valence-corrected chi connectivity index (χ1v) is 7.43. The number of aryl methyl sites for hydroxylation is 1. The van der Waals surface area contributed by atoms with E-state index in [0.29, 0.717) is 11.2 Å². The topological polar surface area (TPSA) is 103 Å². The van der Waals surface area contributed by atoms with Gasteiger partial charge < -0.3 is 9.87 Å². The molecule has 0 aliphatic heterocycles. The molecule has 7 nitrogen and oxygen atoms in total. The molecular formula is C12H13N3O4S. The Morgan fingerprint density at radius 1 is 1.40 bits per heavy atom. The summed E-state index contributed by atoms with van der Waals surface area (Å²) in [4.78, 5) is 11.0. The molecule has 8 heteroatoms. The molecule has 2 aromatic rings. The van der Waals surface area contributed by atoms with Crippen molar-refractivity contribution in [1.82, 2.24) is 5.10 Å². The minimum Gasteiger partial charge on any atom is -0.748 e. The van der Waals surface area contributed by atoms with Crippen LogP contribution in [0.2, 0.25) is 0 Å².